The molecule has 0 radical (unpaired) electrons. The van der Waals surface area contributed by atoms with Gasteiger partial charge in [0.1, 0.15) is 6.61 Å². The van der Waals surface area contributed by atoms with Crippen LogP contribution in [-0.2, 0) is 24.4 Å². The summed E-state index contributed by atoms with van der Waals surface area (Å²) >= 11 is 1.08. The number of aliphatic hydroxyl groups excluding tert-OH is 1. The maximum Gasteiger partial charge on any atom is 0.313 e. The predicted molar refractivity (Wildman–Crippen MR) is 72.2 cm³/mol. The number of thioether (sulfide) groups is 1. The van der Waals surface area contributed by atoms with Gasteiger partial charge in [0, 0.05) is 24.9 Å². The van der Waals surface area contributed by atoms with E-state index in [1.54, 1.807) is 10.8 Å². The van der Waals surface area contributed by atoms with E-state index in [2.05, 4.69) is 15.2 Å². The third-order valence-electron chi connectivity index (χ3n) is 2.58. The normalized spacial score (nSPS) is 10.7. The molecule has 0 unspecified atom stereocenters. The third kappa shape index (κ3) is 3.78. The molecule has 0 amide bonds. The molecule has 7 nitrogen and oxygen atoms in total. The van der Waals surface area contributed by atoms with Gasteiger partial charge in [0.25, 0.3) is 0 Å². The number of pyridine rings is 1. The number of aliphatic carboxylic acids is 1. The fourth-order valence-electron chi connectivity index (χ4n) is 1.67. The average molecular weight is 294 g/mol. The highest BCUT2D eigenvalue weighted by Gasteiger charge is 2.13. The van der Waals surface area contributed by atoms with Crippen LogP contribution in [0.15, 0.2) is 29.6 Å². The lowest BCUT2D eigenvalue weighted by Crippen LogP contribution is -2.09. The van der Waals surface area contributed by atoms with Gasteiger partial charge in [-0.25, -0.2) is 0 Å². The van der Waals surface area contributed by atoms with Crippen molar-refractivity contribution in [3.63, 3.8) is 0 Å². The molecule has 0 fully saturated rings. The van der Waals surface area contributed by atoms with Crippen LogP contribution in [0.25, 0.3) is 0 Å². The van der Waals surface area contributed by atoms with Crippen LogP contribution in [0.4, 0.5) is 0 Å². The van der Waals surface area contributed by atoms with Crippen LogP contribution in [0.2, 0.25) is 0 Å². The Labute approximate surface area is 119 Å². The van der Waals surface area contributed by atoms with Crippen molar-refractivity contribution in [2.75, 3.05) is 5.75 Å². The van der Waals surface area contributed by atoms with Crippen molar-refractivity contribution in [1.82, 2.24) is 19.7 Å². The molecule has 0 spiro atoms. The predicted octanol–water partition coefficient (Wildman–Crippen LogP) is 0.585. The van der Waals surface area contributed by atoms with Crippen molar-refractivity contribution in [2.45, 2.75) is 24.7 Å². The van der Waals surface area contributed by atoms with E-state index in [1.165, 1.54) is 0 Å². The number of carboxylic acids is 1. The zero-order valence-corrected chi connectivity index (χ0v) is 11.5. The zero-order valence-electron chi connectivity index (χ0n) is 10.6. The number of rotatable bonds is 7. The summed E-state index contributed by atoms with van der Waals surface area (Å²) in [5, 5.41) is 26.2. The Morgan fingerprint density at radius 1 is 1.35 bits per heavy atom. The molecule has 2 N–H and O–H groups in total. The van der Waals surface area contributed by atoms with E-state index in [-0.39, 0.29) is 12.4 Å². The molecule has 2 aromatic heterocycles. The van der Waals surface area contributed by atoms with Gasteiger partial charge in [0.15, 0.2) is 11.0 Å². The van der Waals surface area contributed by atoms with Gasteiger partial charge in [-0.3, -0.25) is 9.78 Å². The molecule has 106 valence electrons. The van der Waals surface area contributed by atoms with E-state index in [1.807, 2.05) is 18.2 Å². The lowest BCUT2D eigenvalue weighted by atomic mass is 10.3. The van der Waals surface area contributed by atoms with E-state index in [0.717, 1.165) is 17.5 Å². The van der Waals surface area contributed by atoms with Crippen LogP contribution in [0.1, 0.15) is 11.5 Å². The van der Waals surface area contributed by atoms with E-state index in [9.17, 15) is 9.90 Å². The summed E-state index contributed by atoms with van der Waals surface area (Å²) in [5.74, 6) is -0.582. The van der Waals surface area contributed by atoms with E-state index in [4.69, 9.17) is 5.11 Å². The first-order valence-electron chi connectivity index (χ1n) is 5.98. The fourth-order valence-corrected chi connectivity index (χ4v) is 2.37. The summed E-state index contributed by atoms with van der Waals surface area (Å²) in [6.07, 6.45) is 2.38. The van der Waals surface area contributed by atoms with Crippen molar-refractivity contribution in [1.29, 1.82) is 0 Å². The Bertz CT molecular complexity index is 573. The Morgan fingerprint density at radius 3 is 2.85 bits per heavy atom. The van der Waals surface area contributed by atoms with Crippen molar-refractivity contribution in [3.8, 4) is 0 Å². The summed E-state index contributed by atoms with van der Waals surface area (Å²) < 4.78 is 1.72. The van der Waals surface area contributed by atoms with Gasteiger partial charge < -0.3 is 14.8 Å². The lowest BCUT2D eigenvalue weighted by molar-refractivity contribution is -0.133. The van der Waals surface area contributed by atoms with Crippen LogP contribution in [0.5, 0.6) is 0 Å². The number of nitrogens with zero attached hydrogens (tertiary/aromatic N) is 4. The van der Waals surface area contributed by atoms with Crippen molar-refractivity contribution in [2.24, 2.45) is 0 Å². The molecule has 0 saturated heterocycles. The van der Waals surface area contributed by atoms with Crippen molar-refractivity contribution in [3.05, 3.63) is 35.9 Å². The molecule has 0 aliphatic heterocycles. The molecule has 2 rings (SSSR count). The summed E-state index contributed by atoms with van der Waals surface area (Å²) in [5.41, 5.74) is 0.916. The molecule has 0 saturated carbocycles. The molecule has 8 heteroatoms. The molecule has 0 aliphatic carbocycles. The van der Waals surface area contributed by atoms with Crippen LogP contribution < -0.4 is 0 Å². The molecule has 0 atom stereocenters. The summed E-state index contributed by atoms with van der Waals surface area (Å²) in [7, 11) is 0. The van der Waals surface area contributed by atoms with Gasteiger partial charge in [0.2, 0.25) is 0 Å². The number of hydrogen-bond donors (Lipinski definition) is 2. The average Bonchev–Trinajstić information content (AvgIpc) is 2.86. The number of carboxylic acid groups (broad SMARTS) is 1. The Morgan fingerprint density at radius 2 is 2.20 bits per heavy atom. The first-order valence-corrected chi connectivity index (χ1v) is 6.96. The Kier molecular flexibility index (Phi) is 5.08. The summed E-state index contributed by atoms with van der Waals surface area (Å²) in [6.45, 7) is 0.310. The number of hydrogen-bond acceptors (Lipinski definition) is 6. The number of aromatic nitrogens is 4. The highest BCUT2D eigenvalue weighted by molar-refractivity contribution is 7.99. The number of carbonyl (C=O) groups is 1. The standard InChI is InChI=1S/C12H14N4O3S/c17-7-10-14-15-12(20-8-11(18)19)16(10)6-4-9-3-1-2-5-13-9/h1-3,5,17H,4,6-8H2,(H,18,19). The zero-order chi connectivity index (χ0) is 14.4. The van der Waals surface area contributed by atoms with Gasteiger partial charge in [0.05, 0.1) is 5.75 Å². The number of aryl methyl sites for hydroxylation is 1. The number of aliphatic hydroxyl groups is 1. The van der Waals surface area contributed by atoms with Crippen molar-refractivity contribution < 1.29 is 15.0 Å². The van der Waals surface area contributed by atoms with Gasteiger partial charge >= 0.3 is 5.97 Å². The SMILES string of the molecule is O=C(O)CSc1nnc(CO)n1CCc1ccccn1. The van der Waals surface area contributed by atoms with Gasteiger partial charge in [-0.05, 0) is 12.1 Å². The third-order valence-corrected chi connectivity index (χ3v) is 3.53. The molecule has 2 heterocycles. The van der Waals surface area contributed by atoms with E-state index < -0.39 is 5.97 Å². The minimum atomic E-state index is -0.917. The molecular weight excluding hydrogens is 280 g/mol. The van der Waals surface area contributed by atoms with Crippen LogP contribution >= 0.6 is 11.8 Å². The van der Waals surface area contributed by atoms with Crippen LogP contribution in [-0.4, -0.2) is 41.7 Å². The van der Waals surface area contributed by atoms with Gasteiger partial charge in [-0.15, -0.1) is 10.2 Å². The smallest absolute Gasteiger partial charge is 0.313 e. The lowest BCUT2D eigenvalue weighted by Gasteiger charge is -2.08. The minimum Gasteiger partial charge on any atom is -0.481 e. The van der Waals surface area contributed by atoms with Gasteiger partial charge in [-0.2, -0.15) is 0 Å². The molecule has 2 aromatic rings. The van der Waals surface area contributed by atoms with E-state index >= 15 is 0 Å². The molecule has 20 heavy (non-hydrogen) atoms. The summed E-state index contributed by atoms with van der Waals surface area (Å²) in [4.78, 5) is 14.8. The molecular formula is C12H14N4O3S. The van der Waals surface area contributed by atoms with Crippen molar-refractivity contribution >= 4 is 17.7 Å². The minimum absolute atomic E-state index is 0.0901. The second-order valence-corrected chi connectivity index (χ2v) is 4.90. The monoisotopic (exact) mass is 294 g/mol. The van der Waals surface area contributed by atoms with E-state index in [0.29, 0.717) is 23.9 Å². The molecule has 0 aliphatic rings. The van der Waals surface area contributed by atoms with Crippen LogP contribution in [0, 0.1) is 0 Å². The Hall–Kier alpha value is -1.93. The first kappa shape index (κ1) is 14.5. The molecule has 0 bridgehead atoms. The van der Waals surface area contributed by atoms with Gasteiger partial charge in [-0.1, -0.05) is 17.8 Å². The maximum absolute atomic E-state index is 10.6. The quantitative estimate of drug-likeness (QED) is 0.720. The second kappa shape index (κ2) is 7.01. The topological polar surface area (TPSA) is 101 Å². The maximum atomic E-state index is 10.6. The highest BCUT2D eigenvalue weighted by atomic mass is 32.2. The summed E-state index contributed by atoms with van der Waals surface area (Å²) in [6, 6.07) is 5.66. The highest BCUT2D eigenvalue weighted by Crippen LogP contribution is 2.17. The second-order valence-electron chi connectivity index (χ2n) is 3.96. The van der Waals surface area contributed by atoms with Crippen LogP contribution in [0.3, 0.4) is 0 Å². The largest absolute Gasteiger partial charge is 0.481 e. The first-order chi connectivity index (χ1) is 9.70. The Balaban J connectivity index is 2.08. The molecule has 0 aromatic carbocycles. The fraction of sp³-hybridized carbons (Fsp3) is 0.333.